The molecule has 0 aliphatic carbocycles. The Bertz CT molecular complexity index is 348. The van der Waals surface area contributed by atoms with Crippen LogP contribution in [0.4, 0.5) is 0 Å². The van der Waals surface area contributed by atoms with E-state index in [9.17, 15) is 5.11 Å². The van der Waals surface area contributed by atoms with E-state index in [0.717, 1.165) is 24.4 Å². The quantitative estimate of drug-likeness (QED) is 0.789. The smallest absolute Gasteiger partial charge is 0.0494 e. The van der Waals surface area contributed by atoms with Crippen LogP contribution < -0.4 is 5.32 Å². The molecule has 0 amide bonds. The van der Waals surface area contributed by atoms with E-state index in [0.29, 0.717) is 6.04 Å². The Morgan fingerprint density at radius 1 is 1.28 bits per heavy atom. The van der Waals surface area contributed by atoms with Crippen LogP contribution in [0.25, 0.3) is 0 Å². The van der Waals surface area contributed by atoms with E-state index in [4.69, 9.17) is 11.6 Å². The van der Waals surface area contributed by atoms with Gasteiger partial charge in [0.05, 0.1) is 0 Å². The van der Waals surface area contributed by atoms with Gasteiger partial charge in [-0.05, 0) is 24.1 Å². The summed E-state index contributed by atoms with van der Waals surface area (Å²) in [6.07, 6.45) is 2.21. The van der Waals surface area contributed by atoms with Crippen molar-refractivity contribution in [2.24, 2.45) is 5.41 Å². The minimum absolute atomic E-state index is 0.0849. The number of hydrogen-bond donors (Lipinski definition) is 2. The highest BCUT2D eigenvalue weighted by Crippen LogP contribution is 2.22. The molecule has 1 aromatic carbocycles. The topological polar surface area (TPSA) is 32.3 Å². The Kier molecular flexibility index (Phi) is 6.13. The Labute approximate surface area is 115 Å². The van der Waals surface area contributed by atoms with E-state index in [-0.39, 0.29) is 12.0 Å². The minimum Gasteiger partial charge on any atom is -0.396 e. The van der Waals surface area contributed by atoms with Crippen molar-refractivity contribution in [3.8, 4) is 0 Å². The Hall–Kier alpha value is -0.570. The molecule has 102 valence electrons. The molecule has 0 saturated carbocycles. The SMILES string of the molecule is CCCC(NCC(C)(C)CO)c1ccc(Cl)cc1. The molecule has 1 unspecified atom stereocenters. The van der Waals surface area contributed by atoms with Gasteiger partial charge < -0.3 is 10.4 Å². The third-order valence-electron chi connectivity index (χ3n) is 3.10. The van der Waals surface area contributed by atoms with E-state index in [1.807, 2.05) is 12.1 Å². The highest BCUT2D eigenvalue weighted by atomic mass is 35.5. The monoisotopic (exact) mass is 269 g/mol. The summed E-state index contributed by atoms with van der Waals surface area (Å²) in [5.74, 6) is 0. The van der Waals surface area contributed by atoms with E-state index in [1.54, 1.807) is 0 Å². The predicted octanol–water partition coefficient (Wildman–Crippen LogP) is 3.79. The molecule has 1 atom stereocenters. The maximum Gasteiger partial charge on any atom is 0.0494 e. The zero-order valence-electron chi connectivity index (χ0n) is 11.5. The Morgan fingerprint density at radius 2 is 1.89 bits per heavy atom. The number of halogens is 1. The van der Waals surface area contributed by atoms with E-state index < -0.39 is 0 Å². The number of rotatable bonds is 7. The molecule has 0 aromatic heterocycles. The van der Waals surface area contributed by atoms with Crippen molar-refractivity contribution in [2.75, 3.05) is 13.2 Å². The summed E-state index contributed by atoms with van der Waals surface area (Å²) in [6, 6.07) is 8.33. The second-order valence-electron chi connectivity index (χ2n) is 5.60. The fraction of sp³-hybridized carbons (Fsp3) is 0.600. The highest BCUT2D eigenvalue weighted by molar-refractivity contribution is 6.30. The molecule has 2 N–H and O–H groups in total. The Morgan fingerprint density at radius 3 is 2.39 bits per heavy atom. The van der Waals surface area contributed by atoms with Crippen LogP contribution in [-0.4, -0.2) is 18.3 Å². The van der Waals surface area contributed by atoms with Gasteiger partial charge in [-0.3, -0.25) is 0 Å². The van der Waals surface area contributed by atoms with Gasteiger partial charge in [0.25, 0.3) is 0 Å². The van der Waals surface area contributed by atoms with Crippen molar-refractivity contribution in [2.45, 2.75) is 39.7 Å². The first-order valence-corrected chi connectivity index (χ1v) is 6.96. The van der Waals surface area contributed by atoms with E-state index >= 15 is 0 Å². The lowest BCUT2D eigenvalue weighted by Gasteiger charge is -2.27. The van der Waals surface area contributed by atoms with Crippen molar-refractivity contribution >= 4 is 11.6 Å². The number of nitrogens with one attached hydrogen (secondary N) is 1. The van der Waals surface area contributed by atoms with Crippen molar-refractivity contribution in [3.63, 3.8) is 0 Å². The van der Waals surface area contributed by atoms with Crippen molar-refractivity contribution in [1.29, 1.82) is 0 Å². The number of benzene rings is 1. The predicted molar refractivity (Wildman–Crippen MR) is 78.0 cm³/mol. The molecule has 0 aliphatic heterocycles. The maximum absolute atomic E-state index is 9.29. The third kappa shape index (κ3) is 4.97. The van der Waals surface area contributed by atoms with Crippen LogP contribution in [0.1, 0.15) is 45.2 Å². The zero-order valence-corrected chi connectivity index (χ0v) is 12.3. The summed E-state index contributed by atoms with van der Waals surface area (Å²) < 4.78 is 0. The normalized spacial score (nSPS) is 13.6. The van der Waals surface area contributed by atoms with Crippen LogP contribution in [0, 0.1) is 5.41 Å². The molecule has 1 rings (SSSR count). The van der Waals surface area contributed by atoms with Crippen LogP contribution in [0.2, 0.25) is 5.02 Å². The fourth-order valence-electron chi connectivity index (χ4n) is 1.83. The standard InChI is InChI=1S/C15H24ClNO/c1-4-5-14(17-10-15(2,3)11-18)12-6-8-13(16)9-7-12/h6-9,14,17-18H,4-5,10-11H2,1-3H3. The second kappa shape index (κ2) is 7.13. The number of aliphatic hydroxyl groups is 1. The maximum atomic E-state index is 9.29. The average molecular weight is 270 g/mol. The first kappa shape index (κ1) is 15.5. The van der Waals surface area contributed by atoms with Crippen molar-refractivity contribution in [3.05, 3.63) is 34.9 Å². The summed E-state index contributed by atoms with van der Waals surface area (Å²) in [4.78, 5) is 0. The van der Waals surface area contributed by atoms with Crippen LogP contribution >= 0.6 is 11.6 Å². The van der Waals surface area contributed by atoms with Crippen LogP contribution in [0.15, 0.2) is 24.3 Å². The fourth-order valence-corrected chi connectivity index (χ4v) is 1.95. The average Bonchev–Trinajstić information content (AvgIpc) is 2.36. The summed E-state index contributed by atoms with van der Waals surface area (Å²) >= 11 is 5.91. The summed E-state index contributed by atoms with van der Waals surface area (Å²) in [5, 5.41) is 13.6. The molecule has 0 fully saturated rings. The number of aliphatic hydroxyl groups excluding tert-OH is 1. The van der Waals surface area contributed by atoms with Gasteiger partial charge in [-0.1, -0.05) is 50.9 Å². The molecular formula is C15H24ClNO. The van der Waals surface area contributed by atoms with Gasteiger partial charge in [0, 0.05) is 29.6 Å². The first-order chi connectivity index (χ1) is 8.48. The molecule has 0 spiro atoms. The lowest BCUT2D eigenvalue weighted by Crippen LogP contribution is -2.34. The largest absolute Gasteiger partial charge is 0.396 e. The van der Waals surface area contributed by atoms with Gasteiger partial charge in [-0.15, -0.1) is 0 Å². The van der Waals surface area contributed by atoms with Gasteiger partial charge in [0.15, 0.2) is 0 Å². The lowest BCUT2D eigenvalue weighted by atomic mass is 9.93. The van der Waals surface area contributed by atoms with Gasteiger partial charge in [0.2, 0.25) is 0 Å². The van der Waals surface area contributed by atoms with Gasteiger partial charge in [-0.25, -0.2) is 0 Å². The molecular weight excluding hydrogens is 246 g/mol. The summed E-state index contributed by atoms with van der Waals surface area (Å²) in [7, 11) is 0. The molecule has 0 aliphatic rings. The molecule has 0 saturated heterocycles. The second-order valence-corrected chi connectivity index (χ2v) is 6.03. The highest BCUT2D eigenvalue weighted by Gasteiger charge is 2.19. The van der Waals surface area contributed by atoms with Crippen LogP contribution in [-0.2, 0) is 0 Å². The summed E-state index contributed by atoms with van der Waals surface area (Å²) in [6.45, 7) is 7.30. The van der Waals surface area contributed by atoms with Gasteiger partial charge in [0.1, 0.15) is 0 Å². The minimum atomic E-state index is -0.0849. The number of hydrogen-bond acceptors (Lipinski definition) is 2. The molecule has 2 nitrogen and oxygen atoms in total. The zero-order chi connectivity index (χ0) is 13.6. The van der Waals surface area contributed by atoms with Gasteiger partial charge >= 0.3 is 0 Å². The van der Waals surface area contributed by atoms with Crippen molar-refractivity contribution < 1.29 is 5.11 Å². The van der Waals surface area contributed by atoms with Crippen LogP contribution in [0.3, 0.4) is 0 Å². The first-order valence-electron chi connectivity index (χ1n) is 6.58. The molecule has 18 heavy (non-hydrogen) atoms. The van der Waals surface area contributed by atoms with Crippen molar-refractivity contribution in [1.82, 2.24) is 5.32 Å². The van der Waals surface area contributed by atoms with Gasteiger partial charge in [-0.2, -0.15) is 0 Å². The molecule has 1 aromatic rings. The third-order valence-corrected chi connectivity index (χ3v) is 3.36. The summed E-state index contributed by atoms with van der Waals surface area (Å²) in [5.41, 5.74) is 1.17. The van der Waals surface area contributed by atoms with E-state index in [2.05, 4.69) is 38.2 Å². The molecule has 0 heterocycles. The van der Waals surface area contributed by atoms with E-state index in [1.165, 1.54) is 5.56 Å². The molecule has 3 heteroatoms. The Balaban J connectivity index is 2.68. The van der Waals surface area contributed by atoms with Crippen LogP contribution in [0.5, 0.6) is 0 Å². The molecule has 0 bridgehead atoms. The lowest BCUT2D eigenvalue weighted by molar-refractivity contribution is 0.152. The molecule has 0 radical (unpaired) electrons.